The lowest BCUT2D eigenvalue weighted by molar-refractivity contribution is -0.386. The summed E-state index contributed by atoms with van der Waals surface area (Å²) >= 11 is 0. The molecule has 0 fully saturated rings. The maximum atomic E-state index is 10.9. The summed E-state index contributed by atoms with van der Waals surface area (Å²) in [6.07, 6.45) is 0.743. The molecule has 1 aromatic rings. The van der Waals surface area contributed by atoms with Gasteiger partial charge in [0.1, 0.15) is 6.61 Å². The van der Waals surface area contributed by atoms with E-state index in [2.05, 4.69) is 0 Å². The van der Waals surface area contributed by atoms with E-state index in [9.17, 15) is 10.1 Å². The van der Waals surface area contributed by atoms with Gasteiger partial charge in [0.15, 0.2) is 5.75 Å². The molecule has 1 unspecified atom stereocenters. The second-order valence-corrected chi connectivity index (χ2v) is 4.48. The molecule has 5 heteroatoms. The van der Waals surface area contributed by atoms with Crippen LogP contribution in [0.15, 0.2) is 18.2 Å². The predicted molar refractivity (Wildman–Crippen MR) is 66.2 cm³/mol. The van der Waals surface area contributed by atoms with Gasteiger partial charge in [-0.2, -0.15) is 0 Å². The number of para-hydroxylation sites is 1. The molecule has 0 saturated heterocycles. The summed E-state index contributed by atoms with van der Waals surface area (Å²) in [6.45, 7) is 5.85. The summed E-state index contributed by atoms with van der Waals surface area (Å²) in [5.74, 6) is 0.308. The van der Waals surface area contributed by atoms with E-state index in [1.165, 1.54) is 6.07 Å². The molecule has 1 atom stereocenters. The lowest BCUT2D eigenvalue weighted by atomic mass is 10.0. The van der Waals surface area contributed by atoms with Crippen LogP contribution in [0.4, 0.5) is 5.69 Å². The largest absolute Gasteiger partial charge is 0.485 e. The normalized spacial score (nSPS) is 14.1. The topological polar surface area (TPSA) is 78.4 Å². The molecule has 0 aliphatic rings. The van der Waals surface area contributed by atoms with Crippen LogP contribution in [0.3, 0.4) is 0 Å². The quantitative estimate of drug-likeness (QED) is 0.631. The van der Waals surface area contributed by atoms with Gasteiger partial charge in [0.25, 0.3) is 0 Å². The Kier molecular flexibility index (Phi) is 4.07. The molecule has 0 aliphatic carbocycles. The van der Waals surface area contributed by atoms with Crippen molar-refractivity contribution in [2.45, 2.75) is 32.7 Å². The fraction of sp³-hybridized carbons (Fsp3) is 0.500. The maximum Gasteiger partial charge on any atom is 0.311 e. The number of hydrogen-bond donors (Lipinski definition) is 1. The minimum Gasteiger partial charge on any atom is -0.485 e. The number of nitro benzene ring substituents is 1. The second-order valence-electron chi connectivity index (χ2n) is 4.48. The Labute approximate surface area is 101 Å². The molecular weight excluding hydrogens is 220 g/mol. The van der Waals surface area contributed by atoms with Crippen LogP contribution in [0.25, 0.3) is 0 Å². The Balaban J connectivity index is 2.94. The number of ether oxygens (including phenoxy) is 1. The molecule has 0 aromatic heterocycles. The van der Waals surface area contributed by atoms with E-state index >= 15 is 0 Å². The average molecular weight is 238 g/mol. The van der Waals surface area contributed by atoms with E-state index in [1.807, 2.05) is 13.8 Å². The van der Waals surface area contributed by atoms with Crippen molar-refractivity contribution in [3.05, 3.63) is 33.9 Å². The zero-order valence-corrected chi connectivity index (χ0v) is 10.4. The van der Waals surface area contributed by atoms with E-state index in [4.69, 9.17) is 10.5 Å². The monoisotopic (exact) mass is 238 g/mol. The molecule has 0 aliphatic heterocycles. The van der Waals surface area contributed by atoms with Crippen molar-refractivity contribution in [1.82, 2.24) is 0 Å². The molecule has 0 spiro atoms. The highest BCUT2D eigenvalue weighted by Crippen LogP contribution is 2.30. The van der Waals surface area contributed by atoms with Crippen LogP contribution < -0.4 is 10.5 Å². The fourth-order valence-electron chi connectivity index (χ4n) is 1.31. The Morgan fingerprint density at radius 3 is 2.71 bits per heavy atom. The Bertz CT molecular complexity index is 416. The Morgan fingerprint density at radius 1 is 1.53 bits per heavy atom. The van der Waals surface area contributed by atoms with Gasteiger partial charge in [-0.1, -0.05) is 19.1 Å². The Morgan fingerprint density at radius 2 is 2.18 bits per heavy atom. The molecule has 94 valence electrons. The van der Waals surface area contributed by atoms with E-state index in [0.29, 0.717) is 5.75 Å². The minimum atomic E-state index is -0.476. The number of rotatable bonds is 5. The highest BCUT2D eigenvalue weighted by atomic mass is 16.6. The second kappa shape index (κ2) is 5.14. The van der Waals surface area contributed by atoms with Crippen molar-refractivity contribution in [3.8, 4) is 5.75 Å². The first-order chi connectivity index (χ1) is 7.87. The van der Waals surface area contributed by atoms with E-state index in [-0.39, 0.29) is 12.3 Å². The number of nitro groups is 1. The summed E-state index contributed by atoms with van der Waals surface area (Å²) in [4.78, 5) is 10.4. The third-order valence-corrected chi connectivity index (χ3v) is 2.74. The number of benzene rings is 1. The Hall–Kier alpha value is -1.62. The smallest absolute Gasteiger partial charge is 0.311 e. The van der Waals surface area contributed by atoms with Gasteiger partial charge in [0.2, 0.25) is 0 Å². The zero-order chi connectivity index (χ0) is 13.1. The highest BCUT2D eigenvalue weighted by Gasteiger charge is 2.21. The minimum absolute atomic E-state index is 0.0168. The fourth-order valence-corrected chi connectivity index (χ4v) is 1.31. The van der Waals surface area contributed by atoms with Crippen molar-refractivity contribution >= 4 is 5.69 Å². The van der Waals surface area contributed by atoms with Crippen molar-refractivity contribution in [3.63, 3.8) is 0 Å². The van der Waals surface area contributed by atoms with Crippen LogP contribution in [0.5, 0.6) is 5.75 Å². The van der Waals surface area contributed by atoms with Gasteiger partial charge in [-0.3, -0.25) is 10.1 Å². The van der Waals surface area contributed by atoms with Crippen molar-refractivity contribution in [2.75, 3.05) is 6.61 Å². The number of nitrogens with zero attached hydrogens (tertiary/aromatic N) is 1. The number of aryl methyl sites for hydroxylation is 1. The van der Waals surface area contributed by atoms with Gasteiger partial charge >= 0.3 is 5.69 Å². The molecule has 0 radical (unpaired) electrons. The summed E-state index contributed by atoms with van der Waals surface area (Å²) in [5, 5.41) is 10.9. The third-order valence-electron chi connectivity index (χ3n) is 2.74. The SMILES string of the molecule is CCC(C)(N)COc1c(C)cccc1[N+](=O)[O-]. The first-order valence-electron chi connectivity index (χ1n) is 5.53. The molecule has 0 heterocycles. The average Bonchev–Trinajstić information content (AvgIpc) is 2.27. The van der Waals surface area contributed by atoms with Crippen molar-refractivity contribution < 1.29 is 9.66 Å². The molecule has 1 aromatic carbocycles. The first-order valence-corrected chi connectivity index (χ1v) is 5.53. The zero-order valence-electron chi connectivity index (χ0n) is 10.4. The molecule has 0 bridgehead atoms. The lowest BCUT2D eigenvalue weighted by Gasteiger charge is -2.23. The van der Waals surface area contributed by atoms with Crippen LogP contribution >= 0.6 is 0 Å². The molecule has 0 amide bonds. The number of nitrogens with two attached hydrogens (primary N) is 1. The van der Waals surface area contributed by atoms with Crippen molar-refractivity contribution in [1.29, 1.82) is 0 Å². The van der Waals surface area contributed by atoms with Crippen LogP contribution in [-0.2, 0) is 0 Å². The molecule has 2 N–H and O–H groups in total. The number of hydrogen-bond acceptors (Lipinski definition) is 4. The van der Waals surface area contributed by atoms with Crippen molar-refractivity contribution in [2.24, 2.45) is 5.73 Å². The summed E-state index contributed by atoms with van der Waals surface area (Å²) in [6, 6.07) is 4.85. The van der Waals surface area contributed by atoms with Gasteiger partial charge in [0, 0.05) is 11.6 Å². The molecule has 1 rings (SSSR count). The van der Waals surface area contributed by atoms with E-state index < -0.39 is 10.5 Å². The van der Waals surface area contributed by atoms with Gasteiger partial charge in [-0.15, -0.1) is 0 Å². The van der Waals surface area contributed by atoms with E-state index in [0.717, 1.165) is 12.0 Å². The van der Waals surface area contributed by atoms with Gasteiger partial charge in [0.05, 0.1) is 4.92 Å². The summed E-state index contributed by atoms with van der Waals surface area (Å²) in [7, 11) is 0. The summed E-state index contributed by atoms with van der Waals surface area (Å²) in [5.41, 5.74) is 6.19. The van der Waals surface area contributed by atoms with Crippen LogP contribution in [-0.4, -0.2) is 17.1 Å². The lowest BCUT2D eigenvalue weighted by Crippen LogP contribution is -2.41. The van der Waals surface area contributed by atoms with Crippen LogP contribution in [0.1, 0.15) is 25.8 Å². The highest BCUT2D eigenvalue weighted by molar-refractivity contribution is 5.51. The maximum absolute atomic E-state index is 10.9. The first kappa shape index (κ1) is 13.4. The van der Waals surface area contributed by atoms with Crippen LogP contribution in [0.2, 0.25) is 0 Å². The molecule has 0 saturated carbocycles. The molecule has 5 nitrogen and oxygen atoms in total. The molecular formula is C12H18N2O3. The third kappa shape index (κ3) is 3.42. The summed E-state index contributed by atoms with van der Waals surface area (Å²) < 4.78 is 5.52. The van der Waals surface area contributed by atoms with Gasteiger partial charge in [-0.25, -0.2) is 0 Å². The standard InChI is InChI=1S/C12H18N2O3/c1-4-12(3,13)8-17-11-9(2)6-5-7-10(11)14(15)16/h5-7H,4,8,13H2,1-3H3. The van der Waals surface area contributed by atoms with Gasteiger partial charge in [-0.05, 0) is 25.8 Å². The van der Waals surface area contributed by atoms with E-state index in [1.54, 1.807) is 19.1 Å². The van der Waals surface area contributed by atoms with Crippen LogP contribution in [0, 0.1) is 17.0 Å². The molecule has 17 heavy (non-hydrogen) atoms. The predicted octanol–water partition coefficient (Wildman–Crippen LogP) is 2.41. The van der Waals surface area contributed by atoms with Gasteiger partial charge < -0.3 is 10.5 Å².